The molecule has 3 fully saturated rings. The predicted molar refractivity (Wildman–Crippen MR) is 75.6 cm³/mol. The first kappa shape index (κ1) is 13.6. The van der Waals surface area contributed by atoms with Crippen molar-refractivity contribution in [3.8, 4) is 0 Å². The second-order valence-corrected chi connectivity index (χ2v) is 12.6. The summed E-state index contributed by atoms with van der Waals surface area (Å²) in [6, 6.07) is 0. The number of fused-ring (bicyclic) bond motifs is 3. The van der Waals surface area contributed by atoms with E-state index < -0.39 is 8.32 Å². The fourth-order valence-corrected chi connectivity index (χ4v) is 4.72. The van der Waals surface area contributed by atoms with E-state index in [0.717, 1.165) is 0 Å². The van der Waals surface area contributed by atoms with Gasteiger partial charge in [-0.05, 0) is 56.7 Å². The van der Waals surface area contributed by atoms with Crippen molar-refractivity contribution >= 4 is 8.32 Å². The molecule has 0 heterocycles. The molecule has 0 unspecified atom stereocenters. The standard InChI is InChI=1S/C14H29NOSi/c1-12(2,3)17(4,5)16-14-9-6-13(15,7-10-14)8-11-14/h6-11,15H2,1-5H3. The highest BCUT2D eigenvalue weighted by Crippen LogP contribution is 2.51. The summed E-state index contributed by atoms with van der Waals surface area (Å²) >= 11 is 0. The van der Waals surface area contributed by atoms with Gasteiger partial charge in [-0.3, -0.25) is 0 Å². The SMILES string of the molecule is CC(C)(C)[Si](C)(C)OC12CCC(N)(CC1)CC2. The smallest absolute Gasteiger partial charge is 0.192 e. The molecule has 0 aromatic carbocycles. The lowest BCUT2D eigenvalue weighted by atomic mass is 9.64. The molecule has 3 rings (SSSR count). The normalized spacial score (nSPS) is 38.5. The van der Waals surface area contributed by atoms with Crippen molar-refractivity contribution in [3.63, 3.8) is 0 Å². The van der Waals surface area contributed by atoms with Crippen LogP contribution in [0.1, 0.15) is 59.3 Å². The molecule has 0 amide bonds. The molecule has 0 aromatic heterocycles. The Morgan fingerprint density at radius 2 is 1.35 bits per heavy atom. The maximum Gasteiger partial charge on any atom is 0.192 e. The summed E-state index contributed by atoms with van der Waals surface area (Å²) in [4.78, 5) is 0. The first-order valence-corrected chi connectivity index (χ1v) is 9.98. The second-order valence-electron chi connectivity index (χ2n) is 7.91. The molecule has 3 saturated carbocycles. The van der Waals surface area contributed by atoms with E-state index in [2.05, 4.69) is 33.9 Å². The first-order chi connectivity index (χ1) is 7.58. The Kier molecular flexibility index (Phi) is 3.04. The highest BCUT2D eigenvalue weighted by atomic mass is 28.4. The minimum atomic E-state index is -1.63. The van der Waals surface area contributed by atoms with Gasteiger partial charge in [-0.25, -0.2) is 0 Å². The summed E-state index contributed by atoms with van der Waals surface area (Å²) in [7, 11) is -1.63. The molecule has 0 spiro atoms. The van der Waals surface area contributed by atoms with E-state index in [1.807, 2.05) is 0 Å². The van der Waals surface area contributed by atoms with Crippen LogP contribution in [-0.4, -0.2) is 19.5 Å². The zero-order valence-electron chi connectivity index (χ0n) is 12.2. The summed E-state index contributed by atoms with van der Waals surface area (Å²) in [5, 5.41) is 0.316. The van der Waals surface area contributed by atoms with Crippen molar-refractivity contribution in [3.05, 3.63) is 0 Å². The Bertz CT molecular complexity index is 281. The van der Waals surface area contributed by atoms with E-state index in [4.69, 9.17) is 10.2 Å². The van der Waals surface area contributed by atoms with Crippen molar-refractivity contribution in [1.29, 1.82) is 0 Å². The molecule has 3 aliphatic carbocycles. The zero-order valence-corrected chi connectivity index (χ0v) is 13.2. The minimum Gasteiger partial charge on any atom is -0.411 e. The van der Waals surface area contributed by atoms with E-state index in [1.165, 1.54) is 38.5 Å². The van der Waals surface area contributed by atoms with Crippen LogP contribution in [0.25, 0.3) is 0 Å². The quantitative estimate of drug-likeness (QED) is 0.762. The number of hydrogen-bond acceptors (Lipinski definition) is 2. The molecular formula is C14H29NOSi. The monoisotopic (exact) mass is 255 g/mol. The summed E-state index contributed by atoms with van der Waals surface area (Å²) in [5.41, 5.74) is 6.70. The molecule has 17 heavy (non-hydrogen) atoms. The average Bonchev–Trinajstić information content (AvgIpc) is 2.18. The van der Waals surface area contributed by atoms with Crippen molar-refractivity contribution in [2.75, 3.05) is 0 Å². The van der Waals surface area contributed by atoms with Crippen LogP contribution in [0.2, 0.25) is 18.1 Å². The zero-order chi connectivity index (χ0) is 12.9. The Morgan fingerprint density at radius 3 is 1.71 bits per heavy atom. The number of hydrogen-bond donors (Lipinski definition) is 1. The highest BCUT2D eigenvalue weighted by molar-refractivity contribution is 6.74. The van der Waals surface area contributed by atoms with Gasteiger partial charge in [-0.2, -0.15) is 0 Å². The van der Waals surface area contributed by atoms with Crippen LogP contribution >= 0.6 is 0 Å². The van der Waals surface area contributed by atoms with E-state index >= 15 is 0 Å². The molecule has 0 atom stereocenters. The van der Waals surface area contributed by atoms with Crippen LogP contribution in [0.15, 0.2) is 0 Å². The van der Waals surface area contributed by atoms with Crippen LogP contribution in [0.4, 0.5) is 0 Å². The van der Waals surface area contributed by atoms with Gasteiger partial charge in [-0.1, -0.05) is 20.8 Å². The molecule has 100 valence electrons. The molecule has 2 bridgehead atoms. The molecule has 3 heteroatoms. The third-order valence-corrected chi connectivity index (χ3v) is 10.1. The first-order valence-electron chi connectivity index (χ1n) is 7.07. The summed E-state index contributed by atoms with van der Waals surface area (Å²) in [5.74, 6) is 0. The van der Waals surface area contributed by atoms with Gasteiger partial charge in [0.2, 0.25) is 0 Å². The summed E-state index contributed by atoms with van der Waals surface area (Å²) < 4.78 is 6.75. The van der Waals surface area contributed by atoms with Gasteiger partial charge < -0.3 is 10.2 Å². The van der Waals surface area contributed by atoms with Crippen molar-refractivity contribution in [2.45, 2.75) is 88.6 Å². The Balaban J connectivity index is 2.10. The molecule has 2 N–H and O–H groups in total. The molecule has 2 nitrogen and oxygen atoms in total. The summed E-state index contributed by atoms with van der Waals surface area (Å²) in [6.45, 7) is 11.7. The van der Waals surface area contributed by atoms with Crippen molar-refractivity contribution < 1.29 is 4.43 Å². The maximum absolute atomic E-state index is 6.75. The topological polar surface area (TPSA) is 35.2 Å². The van der Waals surface area contributed by atoms with E-state index in [-0.39, 0.29) is 11.1 Å². The van der Waals surface area contributed by atoms with Crippen molar-refractivity contribution in [1.82, 2.24) is 0 Å². The highest BCUT2D eigenvalue weighted by Gasteiger charge is 2.51. The van der Waals surface area contributed by atoms with Gasteiger partial charge in [0.15, 0.2) is 8.32 Å². The van der Waals surface area contributed by atoms with Crippen molar-refractivity contribution in [2.24, 2.45) is 5.73 Å². The van der Waals surface area contributed by atoms with Gasteiger partial charge >= 0.3 is 0 Å². The minimum absolute atomic E-state index is 0.151. The molecule has 0 aliphatic heterocycles. The summed E-state index contributed by atoms with van der Waals surface area (Å²) in [6.07, 6.45) is 7.08. The lowest BCUT2D eigenvalue weighted by molar-refractivity contribution is -0.0520. The fraction of sp³-hybridized carbons (Fsp3) is 1.00. The van der Waals surface area contributed by atoms with Crippen LogP contribution in [0.5, 0.6) is 0 Å². The third-order valence-electron chi connectivity index (χ3n) is 5.51. The van der Waals surface area contributed by atoms with Gasteiger partial charge in [0, 0.05) is 5.54 Å². The Labute approximate surface area is 107 Å². The number of nitrogens with two attached hydrogens (primary N) is 1. The molecule has 0 saturated heterocycles. The lowest BCUT2D eigenvalue weighted by Gasteiger charge is -2.55. The fourth-order valence-electron chi connectivity index (χ4n) is 3.03. The Morgan fingerprint density at radius 1 is 0.941 bits per heavy atom. The maximum atomic E-state index is 6.75. The van der Waals surface area contributed by atoms with Crippen LogP contribution < -0.4 is 5.73 Å². The van der Waals surface area contributed by atoms with Crippen LogP contribution in [-0.2, 0) is 4.43 Å². The third kappa shape index (κ3) is 2.47. The van der Waals surface area contributed by atoms with E-state index in [1.54, 1.807) is 0 Å². The molecule has 3 aliphatic rings. The predicted octanol–water partition coefficient (Wildman–Crippen LogP) is 3.81. The van der Waals surface area contributed by atoms with Gasteiger partial charge in [0.05, 0.1) is 5.60 Å². The number of rotatable bonds is 2. The largest absolute Gasteiger partial charge is 0.411 e. The molecule has 0 aromatic rings. The second kappa shape index (κ2) is 3.81. The van der Waals surface area contributed by atoms with Gasteiger partial charge in [-0.15, -0.1) is 0 Å². The van der Waals surface area contributed by atoms with E-state index in [9.17, 15) is 0 Å². The van der Waals surface area contributed by atoms with E-state index in [0.29, 0.717) is 5.04 Å². The van der Waals surface area contributed by atoms with Crippen LogP contribution in [0.3, 0.4) is 0 Å². The Hall–Kier alpha value is 0.137. The molecule has 0 radical (unpaired) electrons. The molecular weight excluding hydrogens is 226 g/mol. The van der Waals surface area contributed by atoms with Gasteiger partial charge in [0.25, 0.3) is 0 Å². The lowest BCUT2D eigenvalue weighted by Crippen LogP contribution is -2.59. The van der Waals surface area contributed by atoms with Crippen LogP contribution in [0, 0.1) is 0 Å². The average molecular weight is 255 g/mol. The van der Waals surface area contributed by atoms with Gasteiger partial charge in [0.1, 0.15) is 0 Å².